The van der Waals surface area contributed by atoms with Gasteiger partial charge in [-0.3, -0.25) is 9.59 Å². The lowest BCUT2D eigenvalue weighted by Crippen LogP contribution is -2.45. The minimum absolute atomic E-state index is 0.297. The molecule has 2 rings (SSSR count). The van der Waals surface area contributed by atoms with E-state index in [9.17, 15) is 9.59 Å². The van der Waals surface area contributed by atoms with E-state index in [1.54, 1.807) is 4.90 Å². The molecule has 0 radical (unpaired) electrons. The van der Waals surface area contributed by atoms with E-state index in [-0.39, 0.29) is 5.91 Å². The molecule has 0 aromatic carbocycles. The van der Waals surface area contributed by atoms with Gasteiger partial charge < -0.3 is 15.5 Å². The average molecular weight is 267 g/mol. The fraction of sp³-hybridized carbons (Fsp3) is 0.857. The van der Waals surface area contributed by atoms with Crippen molar-refractivity contribution in [3.05, 3.63) is 0 Å². The van der Waals surface area contributed by atoms with Gasteiger partial charge in [-0.2, -0.15) is 0 Å². The molecule has 0 bridgehead atoms. The highest BCUT2D eigenvalue weighted by molar-refractivity contribution is 6.35. The Balaban J connectivity index is 1.77. The molecule has 5 nitrogen and oxygen atoms in total. The number of hydrogen-bond donors (Lipinski definition) is 2. The third-order valence-corrected chi connectivity index (χ3v) is 4.18. The maximum Gasteiger partial charge on any atom is 0.311 e. The molecule has 0 aromatic heterocycles. The maximum atomic E-state index is 12.0. The van der Waals surface area contributed by atoms with Crippen LogP contribution in [-0.2, 0) is 9.59 Å². The molecule has 0 spiro atoms. The fourth-order valence-electron chi connectivity index (χ4n) is 2.76. The summed E-state index contributed by atoms with van der Waals surface area (Å²) in [4.78, 5) is 25.6. The Hall–Kier alpha value is -1.10. The summed E-state index contributed by atoms with van der Waals surface area (Å²) in [5.74, 6) is -0.791. The van der Waals surface area contributed by atoms with Gasteiger partial charge >= 0.3 is 11.8 Å². The van der Waals surface area contributed by atoms with Gasteiger partial charge in [0.2, 0.25) is 0 Å². The van der Waals surface area contributed by atoms with Gasteiger partial charge in [0.05, 0.1) is 0 Å². The van der Waals surface area contributed by atoms with Crippen molar-refractivity contribution in [2.45, 2.75) is 39.0 Å². The quantitative estimate of drug-likeness (QED) is 0.729. The summed E-state index contributed by atoms with van der Waals surface area (Å²) in [7, 11) is 0. The third-order valence-electron chi connectivity index (χ3n) is 4.18. The predicted octanol–water partition coefficient (Wildman–Crippen LogP) is 0.505. The van der Waals surface area contributed by atoms with Gasteiger partial charge in [0, 0.05) is 26.2 Å². The molecule has 0 atom stereocenters. The Morgan fingerprint density at radius 2 is 2.05 bits per heavy atom. The smallest absolute Gasteiger partial charge is 0.311 e. The van der Waals surface area contributed by atoms with Gasteiger partial charge in [0.15, 0.2) is 0 Å². The molecule has 19 heavy (non-hydrogen) atoms. The zero-order valence-electron chi connectivity index (χ0n) is 11.8. The van der Waals surface area contributed by atoms with E-state index in [0.717, 1.165) is 32.4 Å². The molecule has 0 aromatic rings. The standard InChI is InChI=1S/C14H25N3O2/c1-2-4-14(5-6-14)11-16-12(18)13(19)17-9-3-7-15-8-10-17/h15H,2-11H2,1H3,(H,16,18). The van der Waals surface area contributed by atoms with E-state index in [2.05, 4.69) is 17.6 Å². The summed E-state index contributed by atoms with van der Waals surface area (Å²) in [6.45, 7) is 5.84. The molecule has 2 aliphatic rings. The SMILES string of the molecule is CCCC1(CNC(=O)C(=O)N2CCCNCC2)CC1. The Morgan fingerprint density at radius 3 is 2.74 bits per heavy atom. The molecule has 0 unspecified atom stereocenters. The minimum atomic E-state index is -0.427. The van der Waals surface area contributed by atoms with Crippen LogP contribution >= 0.6 is 0 Å². The van der Waals surface area contributed by atoms with Crippen molar-refractivity contribution in [1.82, 2.24) is 15.5 Å². The summed E-state index contributed by atoms with van der Waals surface area (Å²) in [5.41, 5.74) is 0.297. The number of carbonyl (C=O) groups is 2. The Bertz CT molecular complexity index is 332. The average Bonchev–Trinajstić information content (AvgIpc) is 3.19. The predicted molar refractivity (Wildman–Crippen MR) is 73.7 cm³/mol. The molecule has 5 heteroatoms. The van der Waals surface area contributed by atoms with Crippen LogP contribution in [0.3, 0.4) is 0 Å². The maximum absolute atomic E-state index is 12.0. The second kappa shape index (κ2) is 6.37. The van der Waals surface area contributed by atoms with Crippen molar-refractivity contribution in [2.24, 2.45) is 5.41 Å². The lowest BCUT2D eigenvalue weighted by Gasteiger charge is -2.20. The summed E-state index contributed by atoms with van der Waals surface area (Å²) >= 11 is 0. The zero-order valence-corrected chi connectivity index (χ0v) is 11.8. The number of amides is 2. The first kappa shape index (κ1) is 14.3. The van der Waals surface area contributed by atoms with Crippen LogP contribution in [-0.4, -0.2) is 49.4 Å². The third kappa shape index (κ3) is 3.93. The van der Waals surface area contributed by atoms with Crippen molar-refractivity contribution >= 4 is 11.8 Å². The summed E-state index contributed by atoms with van der Waals surface area (Å²) in [5, 5.41) is 6.07. The number of nitrogens with one attached hydrogen (secondary N) is 2. The van der Waals surface area contributed by atoms with Gasteiger partial charge in [-0.05, 0) is 37.6 Å². The van der Waals surface area contributed by atoms with E-state index in [1.807, 2.05) is 0 Å². The van der Waals surface area contributed by atoms with Crippen LogP contribution < -0.4 is 10.6 Å². The van der Waals surface area contributed by atoms with Gasteiger partial charge in [-0.1, -0.05) is 13.3 Å². The topological polar surface area (TPSA) is 61.4 Å². The van der Waals surface area contributed by atoms with E-state index in [4.69, 9.17) is 0 Å². The number of carbonyl (C=O) groups excluding carboxylic acids is 2. The first-order valence-corrected chi connectivity index (χ1v) is 7.45. The van der Waals surface area contributed by atoms with Crippen molar-refractivity contribution in [2.75, 3.05) is 32.7 Å². The summed E-state index contributed by atoms with van der Waals surface area (Å²) < 4.78 is 0. The molecule has 1 aliphatic heterocycles. The van der Waals surface area contributed by atoms with Crippen LogP contribution in [0.4, 0.5) is 0 Å². The molecule has 2 N–H and O–H groups in total. The molecule has 1 aliphatic carbocycles. The molecule has 2 fully saturated rings. The first-order chi connectivity index (χ1) is 9.17. The van der Waals surface area contributed by atoms with Crippen molar-refractivity contribution in [3.8, 4) is 0 Å². The van der Waals surface area contributed by atoms with Crippen LogP contribution in [0.5, 0.6) is 0 Å². The highest BCUT2D eigenvalue weighted by Crippen LogP contribution is 2.48. The molecule has 108 valence electrons. The Morgan fingerprint density at radius 1 is 1.26 bits per heavy atom. The fourth-order valence-corrected chi connectivity index (χ4v) is 2.76. The van der Waals surface area contributed by atoms with Crippen LogP contribution in [0.1, 0.15) is 39.0 Å². The van der Waals surface area contributed by atoms with E-state index < -0.39 is 5.91 Å². The van der Waals surface area contributed by atoms with Crippen molar-refractivity contribution < 1.29 is 9.59 Å². The van der Waals surface area contributed by atoms with Crippen molar-refractivity contribution in [3.63, 3.8) is 0 Å². The van der Waals surface area contributed by atoms with E-state index in [1.165, 1.54) is 12.8 Å². The normalized spacial score (nSPS) is 21.6. The minimum Gasteiger partial charge on any atom is -0.347 e. The number of rotatable bonds is 4. The molecular formula is C14H25N3O2. The van der Waals surface area contributed by atoms with E-state index >= 15 is 0 Å². The second-order valence-electron chi connectivity index (χ2n) is 5.83. The van der Waals surface area contributed by atoms with Crippen molar-refractivity contribution in [1.29, 1.82) is 0 Å². The first-order valence-electron chi connectivity index (χ1n) is 7.45. The van der Waals surface area contributed by atoms with Gasteiger partial charge in [-0.25, -0.2) is 0 Å². The largest absolute Gasteiger partial charge is 0.347 e. The van der Waals surface area contributed by atoms with E-state index in [0.29, 0.717) is 25.0 Å². The zero-order chi connectivity index (χ0) is 13.7. The second-order valence-corrected chi connectivity index (χ2v) is 5.83. The van der Waals surface area contributed by atoms with Gasteiger partial charge in [-0.15, -0.1) is 0 Å². The lowest BCUT2D eigenvalue weighted by atomic mass is 10.0. The number of nitrogens with zero attached hydrogens (tertiary/aromatic N) is 1. The van der Waals surface area contributed by atoms with Crippen LogP contribution in [0.25, 0.3) is 0 Å². The molecule has 2 amide bonds. The van der Waals surface area contributed by atoms with Crippen LogP contribution in [0.2, 0.25) is 0 Å². The Kier molecular flexibility index (Phi) is 4.80. The highest BCUT2D eigenvalue weighted by Gasteiger charge is 2.42. The summed E-state index contributed by atoms with van der Waals surface area (Å²) in [6.07, 6.45) is 5.57. The van der Waals surface area contributed by atoms with Gasteiger partial charge in [0.25, 0.3) is 0 Å². The van der Waals surface area contributed by atoms with Gasteiger partial charge in [0.1, 0.15) is 0 Å². The lowest BCUT2D eigenvalue weighted by molar-refractivity contribution is -0.145. The number of hydrogen-bond acceptors (Lipinski definition) is 3. The molecule has 1 saturated heterocycles. The summed E-state index contributed by atoms with van der Waals surface area (Å²) in [6, 6.07) is 0. The Labute approximate surface area is 115 Å². The highest BCUT2D eigenvalue weighted by atomic mass is 16.2. The van der Waals surface area contributed by atoms with Crippen LogP contribution in [0.15, 0.2) is 0 Å². The molecular weight excluding hydrogens is 242 g/mol. The molecule has 1 saturated carbocycles. The monoisotopic (exact) mass is 267 g/mol. The van der Waals surface area contributed by atoms with Crippen LogP contribution in [0, 0.1) is 5.41 Å². The molecule has 1 heterocycles.